The number of nitrogens with zero attached hydrogens (tertiary/aromatic N) is 3. The SMILES string of the molecule is O=c1[nH]c2c(cc1CNCCN1CCOCC1)c(-c1ccc(F)cc1)nn2-c1ccccc1. The zero-order chi connectivity index (χ0) is 22.6. The molecule has 2 aromatic carbocycles. The lowest BCUT2D eigenvalue weighted by atomic mass is 10.1. The molecule has 0 aliphatic carbocycles. The molecule has 33 heavy (non-hydrogen) atoms. The van der Waals surface area contributed by atoms with Crippen LogP contribution in [0.25, 0.3) is 28.0 Å². The maximum atomic E-state index is 13.5. The average Bonchev–Trinajstić information content (AvgIpc) is 3.21. The van der Waals surface area contributed by atoms with Crippen LogP contribution in [0, 0.1) is 5.82 Å². The summed E-state index contributed by atoms with van der Waals surface area (Å²) in [7, 11) is 0. The summed E-state index contributed by atoms with van der Waals surface area (Å²) in [6.45, 7) is 5.57. The summed E-state index contributed by atoms with van der Waals surface area (Å²) in [6, 6.07) is 17.8. The Morgan fingerprint density at radius 2 is 1.82 bits per heavy atom. The molecule has 0 unspecified atom stereocenters. The number of nitrogens with one attached hydrogen (secondary N) is 2. The van der Waals surface area contributed by atoms with Crippen LogP contribution >= 0.6 is 0 Å². The lowest BCUT2D eigenvalue weighted by Crippen LogP contribution is -2.40. The minimum Gasteiger partial charge on any atom is -0.379 e. The number of halogens is 1. The number of aromatic nitrogens is 3. The molecule has 8 heteroatoms. The lowest BCUT2D eigenvalue weighted by molar-refractivity contribution is 0.0384. The smallest absolute Gasteiger partial charge is 0.254 e. The van der Waals surface area contributed by atoms with Gasteiger partial charge in [-0.3, -0.25) is 9.69 Å². The Bertz CT molecular complexity index is 1280. The summed E-state index contributed by atoms with van der Waals surface area (Å²) < 4.78 is 20.6. The third kappa shape index (κ3) is 4.73. The molecule has 0 spiro atoms. The van der Waals surface area contributed by atoms with Crippen LogP contribution in [-0.2, 0) is 11.3 Å². The highest BCUT2D eigenvalue weighted by Gasteiger charge is 2.17. The molecule has 1 aliphatic rings. The molecule has 0 bridgehead atoms. The van der Waals surface area contributed by atoms with Gasteiger partial charge in [-0.2, -0.15) is 5.10 Å². The normalized spacial score (nSPS) is 14.7. The first-order valence-corrected chi connectivity index (χ1v) is 11.2. The lowest BCUT2D eigenvalue weighted by Gasteiger charge is -2.26. The molecule has 1 saturated heterocycles. The summed E-state index contributed by atoms with van der Waals surface area (Å²) in [4.78, 5) is 18.3. The minimum absolute atomic E-state index is 0.149. The summed E-state index contributed by atoms with van der Waals surface area (Å²) in [5.74, 6) is -0.302. The quantitative estimate of drug-likeness (QED) is 0.426. The second kappa shape index (κ2) is 9.66. The van der Waals surface area contributed by atoms with E-state index in [0.717, 1.165) is 56.0 Å². The largest absolute Gasteiger partial charge is 0.379 e. The van der Waals surface area contributed by atoms with Gasteiger partial charge in [0, 0.05) is 49.2 Å². The highest BCUT2D eigenvalue weighted by molar-refractivity contribution is 5.92. The second-order valence-corrected chi connectivity index (χ2v) is 8.12. The second-order valence-electron chi connectivity index (χ2n) is 8.12. The molecule has 2 aromatic heterocycles. The van der Waals surface area contributed by atoms with Crippen LogP contribution in [0.5, 0.6) is 0 Å². The van der Waals surface area contributed by atoms with Gasteiger partial charge in [-0.1, -0.05) is 18.2 Å². The van der Waals surface area contributed by atoms with Gasteiger partial charge in [-0.15, -0.1) is 0 Å². The fourth-order valence-electron chi connectivity index (χ4n) is 4.11. The molecule has 1 fully saturated rings. The van der Waals surface area contributed by atoms with Crippen molar-refractivity contribution in [3.05, 3.63) is 82.4 Å². The van der Waals surface area contributed by atoms with E-state index in [2.05, 4.69) is 15.2 Å². The van der Waals surface area contributed by atoms with Crippen molar-refractivity contribution >= 4 is 11.0 Å². The fourth-order valence-corrected chi connectivity index (χ4v) is 4.11. The number of morpholine rings is 1. The van der Waals surface area contributed by atoms with Crippen molar-refractivity contribution in [3.8, 4) is 16.9 Å². The van der Waals surface area contributed by atoms with Crippen molar-refractivity contribution < 1.29 is 9.13 Å². The van der Waals surface area contributed by atoms with Crippen molar-refractivity contribution in [1.29, 1.82) is 0 Å². The Labute approximate surface area is 190 Å². The van der Waals surface area contributed by atoms with Gasteiger partial charge in [-0.05, 0) is 42.5 Å². The molecule has 0 amide bonds. The number of fused-ring (bicyclic) bond motifs is 1. The molecule has 0 atom stereocenters. The predicted octanol–water partition coefficient (Wildman–Crippen LogP) is 2.94. The number of pyridine rings is 1. The van der Waals surface area contributed by atoms with E-state index in [1.54, 1.807) is 16.8 Å². The van der Waals surface area contributed by atoms with E-state index >= 15 is 0 Å². The number of hydrogen-bond acceptors (Lipinski definition) is 5. The van der Waals surface area contributed by atoms with Crippen molar-refractivity contribution in [2.75, 3.05) is 39.4 Å². The van der Waals surface area contributed by atoms with E-state index in [0.29, 0.717) is 23.4 Å². The first kappa shape index (κ1) is 21.5. The maximum Gasteiger partial charge on any atom is 0.254 e. The summed E-state index contributed by atoms with van der Waals surface area (Å²) in [5.41, 5.74) is 3.42. The highest BCUT2D eigenvalue weighted by Crippen LogP contribution is 2.29. The predicted molar refractivity (Wildman–Crippen MR) is 126 cm³/mol. The molecule has 5 rings (SSSR count). The van der Waals surface area contributed by atoms with Crippen LogP contribution in [-0.4, -0.2) is 59.1 Å². The van der Waals surface area contributed by atoms with E-state index < -0.39 is 0 Å². The molecular formula is C25H26FN5O2. The van der Waals surface area contributed by atoms with Gasteiger partial charge in [0.05, 0.1) is 18.9 Å². The Kier molecular flexibility index (Phi) is 6.30. The summed E-state index contributed by atoms with van der Waals surface area (Å²) in [6.07, 6.45) is 0. The molecule has 0 saturated carbocycles. The number of H-pyrrole nitrogens is 1. The topological polar surface area (TPSA) is 75.2 Å². The molecule has 0 radical (unpaired) electrons. The van der Waals surface area contributed by atoms with E-state index in [9.17, 15) is 9.18 Å². The molecule has 4 aromatic rings. The van der Waals surface area contributed by atoms with Crippen molar-refractivity contribution in [3.63, 3.8) is 0 Å². The number of hydrogen-bond donors (Lipinski definition) is 2. The average molecular weight is 448 g/mol. The standard InChI is InChI=1S/C25H26FN5O2/c26-20-8-6-18(7-9-20)23-22-16-19(17-27-10-11-30-12-14-33-15-13-30)25(32)28-24(22)31(29-23)21-4-2-1-3-5-21/h1-9,16,27H,10-15,17H2,(H,28,32). The number of benzene rings is 2. The van der Waals surface area contributed by atoms with E-state index in [1.807, 2.05) is 36.4 Å². The van der Waals surface area contributed by atoms with Gasteiger partial charge in [0.15, 0.2) is 0 Å². The van der Waals surface area contributed by atoms with Crippen LogP contribution in [0.2, 0.25) is 0 Å². The molecule has 7 nitrogen and oxygen atoms in total. The molecule has 1 aliphatic heterocycles. The van der Waals surface area contributed by atoms with Crippen molar-refractivity contribution in [2.24, 2.45) is 0 Å². The first-order chi connectivity index (χ1) is 16.2. The Hall–Kier alpha value is -3.33. The van der Waals surface area contributed by atoms with Crippen LogP contribution in [0.4, 0.5) is 4.39 Å². The summed E-state index contributed by atoms with van der Waals surface area (Å²) in [5, 5.41) is 8.98. The van der Waals surface area contributed by atoms with Gasteiger partial charge >= 0.3 is 0 Å². The van der Waals surface area contributed by atoms with E-state index in [4.69, 9.17) is 9.84 Å². The van der Waals surface area contributed by atoms with Crippen LogP contribution in [0.15, 0.2) is 65.5 Å². The van der Waals surface area contributed by atoms with Crippen LogP contribution in [0.3, 0.4) is 0 Å². The van der Waals surface area contributed by atoms with Crippen molar-refractivity contribution in [2.45, 2.75) is 6.54 Å². The first-order valence-electron chi connectivity index (χ1n) is 11.2. The zero-order valence-electron chi connectivity index (χ0n) is 18.3. The third-order valence-electron chi connectivity index (χ3n) is 5.91. The van der Waals surface area contributed by atoms with Gasteiger partial charge < -0.3 is 15.0 Å². The van der Waals surface area contributed by atoms with Gasteiger partial charge in [0.25, 0.3) is 5.56 Å². The Morgan fingerprint density at radius 3 is 2.58 bits per heavy atom. The monoisotopic (exact) mass is 447 g/mol. The summed E-state index contributed by atoms with van der Waals surface area (Å²) >= 11 is 0. The molecule has 170 valence electrons. The fraction of sp³-hybridized carbons (Fsp3) is 0.280. The Morgan fingerprint density at radius 1 is 1.06 bits per heavy atom. The van der Waals surface area contributed by atoms with E-state index in [-0.39, 0.29) is 11.4 Å². The number of ether oxygens (including phenoxy) is 1. The van der Waals surface area contributed by atoms with Gasteiger partial charge in [0.2, 0.25) is 0 Å². The zero-order valence-corrected chi connectivity index (χ0v) is 18.3. The molecule has 3 heterocycles. The minimum atomic E-state index is -0.302. The number of para-hydroxylation sites is 1. The Balaban J connectivity index is 1.46. The van der Waals surface area contributed by atoms with Gasteiger partial charge in [0.1, 0.15) is 17.2 Å². The maximum absolute atomic E-state index is 13.5. The number of aromatic amines is 1. The number of rotatable bonds is 7. The molecular weight excluding hydrogens is 421 g/mol. The highest BCUT2D eigenvalue weighted by atomic mass is 19.1. The van der Waals surface area contributed by atoms with Crippen LogP contribution < -0.4 is 10.9 Å². The van der Waals surface area contributed by atoms with Crippen LogP contribution in [0.1, 0.15) is 5.56 Å². The van der Waals surface area contributed by atoms with E-state index in [1.165, 1.54) is 12.1 Å². The van der Waals surface area contributed by atoms with Gasteiger partial charge in [-0.25, -0.2) is 9.07 Å². The third-order valence-corrected chi connectivity index (χ3v) is 5.91. The molecule has 2 N–H and O–H groups in total. The van der Waals surface area contributed by atoms with Crippen molar-refractivity contribution in [1.82, 2.24) is 25.0 Å².